The van der Waals surface area contributed by atoms with Crippen LogP contribution in [0.15, 0.2) is 18.2 Å². The van der Waals surface area contributed by atoms with E-state index in [9.17, 15) is 0 Å². The van der Waals surface area contributed by atoms with Crippen LogP contribution in [0.3, 0.4) is 0 Å². The topological polar surface area (TPSA) is 32.7 Å². The third-order valence-corrected chi connectivity index (χ3v) is 3.03. The van der Waals surface area contributed by atoms with E-state index < -0.39 is 0 Å². The molecule has 1 N–H and O–H groups in total. The normalized spacial score (nSPS) is 10.9. The molecule has 0 fully saturated rings. The van der Waals surface area contributed by atoms with Crippen LogP contribution < -0.4 is 4.74 Å². The van der Waals surface area contributed by atoms with Gasteiger partial charge in [-0.15, -0.1) is 0 Å². The van der Waals surface area contributed by atoms with Gasteiger partial charge in [-0.05, 0) is 30.8 Å². The molecule has 3 nitrogen and oxygen atoms in total. The van der Waals surface area contributed by atoms with Gasteiger partial charge in [-0.3, -0.25) is 0 Å². The Morgan fingerprint density at radius 3 is 2.53 bits per heavy atom. The van der Waals surface area contributed by atoms with Crippen LogP contribution in [0.1, 0.15) is 19.4 Å². The van der Waals surface area contributed by atoms with Gasteiger partial charge in [0.05, 0.1) is 11.6 Å². The Hall–Kier alpha value is -0.770. The summed E-state index contributed by atoms with van der Waals surface area (Å²) in [5.74, 6) is 0.677. The van der Waals surface area contributed by atoms with Crippen molar-refractivity contribution in [2.24, 2.45) is 0 Å². The van der Waals surface area contributed by atoms with Crippen LogP contribution in [0, 0.1) is 0 Å². The van der Waals surface area contributed by atoms with Crippen molar-refractivity contribution in [2.75, 3.05) is 26.2 Å². The Bertz CT molecular complexity index is 340. The molecule has 0 aliphatic rings. The standard InChI is InChI=1S/C13H20ClNO2/c1-3-15(4-2)7-8-17-13-6-5-11(10-16)9-12(13)14/h5-6,9,16H,3-4,7-8,10H2,1-2H3. The lowest BCUT2D eigenvalue weighted by molar-refractivity contribution is 0.222. The van der Waals surface area contributed by atoms with Crippen LogP contribution in [0.4, 0.5) is 0 Å². The monoisotopic (exact) mass is 257 g/mol. The van der Waals surface area contributed by atoms with Gasteiger partial charge in [0.15, 0.2) is 0 Å². The van der Waals surface area contributed by atoms with Gasteiger partial charge in [0.1, 0.15) is 12.4 Å². The number of ether oxygens (including phenoxy) is 1. The predicted octanol–water partition coefficient (Wildman–Crippen LogP) is 2.55. The number of hydrogen-bond donors (Lipinski definition) is 1. The molecule has 4 heteroatoms. The molecule has 1 aromatic carbocycles. The third-order valence-electron chi connectivity index (χ3n) is 2.74. The first-order valence-electron chi connectivity index (χ1n) is 5.95. The van der Waals surface area contributed by atoms with E-state index in [0.29, 0.717) is 17.4 Å². The fourth-order valence-corrected chi connectivity index (χ4v) is 1.84. The van der Waals surface area contributed by atoms with E-state index in [2.05, 4.69) is 18.7 Å². The molecular weight excluding hydrogens is 238 g/mol. The summed E-state index contributed by atoms with van der Waals surface area (Å²) in [6, 6.07) is 5.35. The Morgan fingerprint density at radius 1 is 1.29 bits per heavy atom. The van der Waals surface area contributed by atoms with E-state index in [0.717, 1.165) is 25.2 Å². The zero-order valence-electron chi connectivity index (χ0n) is 10.4. The number of rotatable bonds is 7. The van der Waals surface area contributed by atoms with Crippen LogP contribution >= 0.6 is 11.6 Å². The molecule has 0 aliphatic carbocycles. The summed E-state index contributed by atoms with van der Waals surface area (Å²) in [6.07, 6.45) is 0. The molecule has 96 valence electrons. The molecule has 1 aromatic rings. The Labute approximate surface area is 108 Å². The highest BCUT2D eigenvalue weighted by molar-refractivity contribution is 6.32. The minimum absolute atomic E-state index is 0.000548. The highest BCUT2D eigenvalue weighted by atomic mass is 35.5. The van der Waals surface area contributed by atoms with Crippen molar-refractivity contribution in [3.05, 3.63) is 28.8 Å². The number of aliphatic hydroxyl groups excluding tert-OH is 1. The lowest BCUT2D eigenvalue weighted by atomic mass is 10.2. The van der Waals surface area contributed by atoms with Gasteiger partial charge >= 0.3 is 0 Å². The van der Waals surface area contributed by atoms with Crippen molar-refractivity contribution < 1.29 is 9.84 Å². The first-order chi connectivity index (χ1) is 8.21. The molecule has 0 radical (unpaired) electrons. The zero-order valence-corrected chi connectivity index (χ0v) is 11.2. The van der Waals surface area contributed by atoms with Crippen LogP contribution in [0.5, 0.6) is 5.75 Å². The van der Waals surface area contributed by atoms with Crippen molar-refractivity contribution >= 4 is 11.6 Å². The lowest BCUT2D eigenvalue weighted by Gasteiger charge is -2.18. The maximum atomic E-state index is 8.96. The third kappa shape index (κ3) is 4.54. The van der Waals surface area contributed by atoms with Crippen LogP contribution in [-0.4, -0.2) is 36.2 Å². The quantitative estimate of drug-likeness (QED) is 0.815. The van der Waals surface area contributed by atoms with Gasteiger partial charge in [-0.25, -0.2) is 0 Å². The first kappa shape index (κ1) is 14.3. The fraction of sp³-hybridized carbons (Fsp3) is 0.538. The summed E-state index contributed by atoms with van der Waals surface area (Å²) in [5.41, 5.74) is 0.797. The molecule has 0 unspecified atom stereocenters. The summed E-state index contributed by atoms with van der Waals surface area (Å²) in [6.45, 7) is 7.83. The van der Waals surface area contributed by atoms with E-state index in [1.54, 1.807) is 12.1 Å². The Kier molecular flexibility index (Phi) is 6.34. The molecular formula is C13H20ClNO2. The molecule has 0 atom stereocenters. The van der Waals surface area contributed by atoms with Crippen LogP contribution in [-0.2, 0) is 6.61 Å². The van der Waals surface area contributed by atoms with Crippen molar-refractivity contribution in [1.29, 1.82) is 0 Å². The zero-order chi connectivity index (χ0) is 12.7. The number of benzene rings is 1. The number of halogens is 1. The van der Waals surface area contributed by atoms with E-state index >= 15 is 0 Å². The summed E-state index contributed by atoms with van der Waals surface area (Å²) >= 11 is 6.04. The molecule has 1 rings (SSSR count). The van der Waals surface area contributed by atoms with Gasteiger partial charge in [0, 0.05) is 6.54 Å². The second-order valence-corrected chi connectivity index (χ2v) is 4.21. The number of aliphatic hydroxyl groups is 1. The van der Waals surface area contributed by atoms with Crippen molar-refractivity contribution in [3.8, 4) is 5.75 Å². The smallest absolute Gasteiger partial charge is 0.137 e. The highest BCUT2D eigenvalue weighted by Gasteiger charge is 2.04. The van der Waals surface area contributed by atoms with Gasteiger partial charge in [-0.1, -0.05) is 31.5 Å². The second kappa shape index (κ2) is 7.54. The molecule has 0 bridgehead atoms. The molecule has 0 saturated carbocycles. The number of nitrogens with zero attached hydrogens (tertiary/aromatic N) is 1. The minimum atomic E-state index is -0.000548. The predicted molar refractivity (Wildman–Crippen MR) is 70.7 cm³/mol. The highest BCUT2D eigenvalue weighted by Crippen LogP contribution is 2.25. The molecule has 0 heterocycles. The molecule has 0 aliphatic heterocycles. The van der Waals surface area contributed by atoms with Crippen molar-refractivity contribution in [2.45, 2.75) is 20.5 Å². The minimum Gasteiger partial charge on any atom is -0.491 e. The van der Waals surface area contributed by atoms with E-state index in [4.69, 9.17) is 21.4 Å². The summed E-state index contributed by atoms with van der Waals surface area (Å²) in [4.78, 5) is 2.29. The second-order valence-electron chi connectivity index (χ2n) is 3.80. The lowest BCUT2D eigenvalue weighted by Crippen LogP contribution is -2.27. The van der Waals surface area contributed by atoms with Gasteiger partial charge < -0.3 is 14.7 Å². The maximum Gasteiger partial charge on any atom is 0.137 e. The van der Waals surface area contributed by atoms with Crippen LogP contribution in [0.25, 0.3) is 0 Å². The van der Waals surface area contributed by atoms with Crippen molar-refractivity contribution in [3.63, 3.8) is 0 Å². The molecule has 0 amide bonds. The van der Waals surface area contributed by atoms with Gasteiger partial charge in [0.25, 0.3) is 0 Å². The van der Waals surface area contributed by atoms with Gasteiger partial charge in [-0.2, -0.15) is 0 Å². The van der Waals surface area contributed by atoms with Crippen molar-refractivity contribution in [1.82, 2.24) is 4.90 Å². The molecule has 17 heavy (non-hydrogen) atoms. The Morgan fingerprint density at radius 2 is 2.00 bits per heavy atom. The van der Waals surface area contributed by atoms with Crippen LogP contribution in [0.2, 0.25) is 5.02 Å². The SMILES string of the molecule is CCN(CC)CCOc1ccc(CO)cc1Cl. The summed E-state index contributed by atoms with van der Waals surface area (Å²) < 4.78 is 5.62. The molecule has 0 spiro atoms. The van der Waals surface area contributed by atoms with E-state index in [-0.39, 0.29) is 6.61 Å². The fourth-order valence-electron chi connectivity index (χ4n) is 1.58. The number of likely N-dealkylation sites (N-methyl/N-ethyl adjacent to an activating group) is 1. The average Bonchev–Trinajstić information content (AvgIpc) is 2.36. The summed E-state index contributed by atoms with van der Waals surface area (Å²) in [5, 5.41) is 9.51. The van der Waals surface area contributed by atoms with E-state index in [1.807, 2.05) is 6.07 Å². The van der Waals surface area contributed by atoms with Gasteiger partial charge in [0.2, 0.25) is 0 Å². The molecule has 0 saturated heterocycles. The Balaban J connectivity index is 2.46. The van der Waals surface area contributed by atoms with E-state index in [1.165, 1.54) is 0 Å². The number of hydrogen-bond acceptors (Lipinski definition) is 3. The average molecular weight is 258 g/mol. The molecule has 0 aromatic heterocycles. The maximum absolute atomic E-state index is 8.96. The summed E-state index contributed by atoms with van der Waals surface area (Å²) in [7, 11) is 0. The largest absolute Gasteiger partial charge is 0.491 e. The first-order valence-corrected chi connectivity index (χ1v) is 6.33.